The topological polar surface area (TPSA) is 63.7 Å². The van der Waals surface area contributed by atoms with Crippen LogP contribution >= 0.6 is 10.7 Å². The van der Waals surface area contributed by atoms with E-state index in [1.165, 1.54) is 24.3 Å². The average Bonchev–Trinajstić information content (AvgIpc) is 2.37. The summed E-state index contributed by atoms with van der Waals surface area (Å²) in [5, 5.41) is 0. The van der Waals surface area contributed by atoms with E-state index in [9.17, 15) is 13.2 Å². The molecule has 7 heteroatoms. The normalized spacial score (nSPS) is 11.1. The van der Waals surface area contributed by atoms with Gasteiger partial charge in [-0.25, -0.2) is 8.42 Å². The first-order chi connectivity index (χ1) is 8.88. The lowest BCUT2D eigenvalue weighted by atomic mass is 10.3. The van der Waals surface area contributed by atoms with Gasteiger partial charge in [0.1, 0.15) is 5.75 Å². The molecule has 0 aliphatic heterocycles. The highest BCUT2D eigenvalue weighted by molar-refractivity contribution is 8.13. The summed E-state index contributed by atoms with van der Waals surface area (Å²) < 4.78 is 27.4. The SMILES string of the molecule is CCN(CC)C(=O)COc1ccc(S(=O)(=O)Cl)cc1. The number of amides is 1. The Morgan fingerprint density at radius 1 is 1.21 bits per heavy atom. The van der Waals surface area contributed by atoms with Gasteiger partial charge in [-0.2, -0.15) is 0 Å². The molecule has 5 nitrogen and oxygen atoms in total. The summed E-state index contributed by atoms with van der Waals surface area (Å²) in [7, 11) is 1.46. The number of hydrogen-bond acceptors (Lipinski definition) is 4. The number of rotatable bonds is 6. The second-order valence-corrected chi connectivity index (χ2v) is 6.33. The van der Waals surface area contributed by atoms with Gasteiger partial charge < -0.3 is 9.64 Å². The van der Waals surface area contributed by atoms with E-state index in [1.807, 2.05) is 13.8 Å². The Hall–Kier alpha value is -1.27. The van der Waals surface area contributed by atoms with E-state index in [-0.39, 0.29) is 17.4 Å². The molecule has 0 aliphatic rings. The monoisotopic (exact) mass is 305 g/mol. The molecule has 1 amide bonds. The second-order valence-electron chi connectivity index (χ2n) is 3.76. The largest absolute Gasteiger partial charge is 0.484 e. The third-order valence-electron chi connectivity index (χ3n) is 2.58. The Bertz CT molecular complexity index is 523. The Kier molecular flexibility index (Phi) is 5.62. The summed E-state index contributed by atoms with van der Waals surface area (Å²) in [6.07, 6.45) is 0. The predicted molar refractivity (Wildman–Crippen MR) is 72.9 cm³/mol. The minimum Gasteiger partial charge on any atom is -0.484 e. The van der Waals surface area contributed by atoms with Crippen LogP contribution in [0.1, 0.15) is 13.8 Å². The number of carbonyl (C=O) groups excluding carboxylic acids is 1. The van der Waals surface area contributed by atoms with Crippen LogP contribution in [0.4, 0.5) is 0 Å². The molecule has 0 saturated carbocycles. The molecule has 0 bridgehead atoms. The molecule has 0 atom stereocenters. The van der Waals surface area contributed by atoms with Gasteiger partial charge in [-0.05, 0) is 38.1 Å². The van der Waals surface area contributed by atoms with Crippen molar-refractivity contribution in [2.75, 3.05) is 19.7 Å². The Morgan fingerprint density at radius 2 is 1.74 bits per heavy atom. The summed E-state index contributed by atoms with van der Waals surface area (Å²) >= 11 is 0. The molecule has 1 aromatic carbocycles. The van der Waals surface area contributed by atoms with Crippen LogP contribution in [-0.2, 0) is 13.8 Å². The molecule has 0 radical (unpaired) electrons. The van der Waals surface area contributed by atoms with Crippen LogP contribution < -0.4 is 4.74 Å². The van der Waals surface area contributed by atoms with Crippen LogP contribution in [0.15, 0.2) is 29.2 Å². The van der Waals surface area contributed by atoms with E-state index in [4.69, 9.17) is 15.4 Å². The molecule has 0 N–H and O–H groups in total. The van der Waals surface area contributed by atoms with Crippen LogP contribution in [-0.4, -0.2) is 38.9 Å². The van der Waals surface area contributed by atoms with E-state index < -0.39 is 9.05 Å². The third kappa shape index (κ3) is 4.72. The fourth-order valence-corrected chi connectivity index (χ4v) is 2.28. The van der Waals surface area contributed by atoms with Crippen molar-refractivity contribution in [3.05, 3.63) is 24.3 Å². The summed E-state index contributed by atoms with van der Waals surface area (Å²) in [5.74, 6) is 0.309. The zero-order valence-electron chi connectivity index (χ0n) is 10.8. The molecule has 0 heterocycles. The van der Waals surface area contributed by atoms with Gasteiger partial charge >= 0.3 is 0 Å². The molecule has 0 saturated heterocycles. The first-order valence-electron chi connectivity index (χ1n) is 5.83. The number of nitrogens with zero attached hydrogens (tertiary/aromatic N) is 1. The van der Waals surface area contributed by atoms with Gasteiger partial charge in [0.05, 0.1) is 4.90 Å². The van der Waals surface area contributed by atoms with Crippen LogP contribution in [0.5, 0.6) is 5.75 Å². The maximum atomic E-state index is 11.7. The lowest BCUT2D eigenvalue weighted by Gasteiger charge is -2.18. The quantitative estimate of drug-likeness (QED) is 0.753. The smallest absolute Gasteiger partial charge is 0.261 e. The molecule has 0 unspecified atom stereocenters. The molecular formula is C12H16ClNO4S. The first-order valence-corrected chi connectivity index (χ1v) is 8.14. The Morgan fingerprint density at radius 3 is 2.16 bits per heavy atom. The van der Waals surface area contributed by atoms with Gasteiger partial charge in [0.15, 0.2) is 6.61 Å². The van der Waals surface area contributed by atoms with Crippen molar-refractivity contribution >= 4 is 25.6 Å². The highest BCUT2D eigenvalue weighted by Crippen LogP contribution is 2.18. The van der Waals surface area contributed by atoms with Crippen molar-refractivity contribution in [2.45, 2.75) is 18.7 Å². The summed E-state index contributed by atoms with van der Waals surface area (Å²) in [6, 6.07) is 5.59. The van der Waals surface area contributed by atoms with Gasteiger partial charge in [-0.1, -0.05) is 0 Å². The number of ether oxygens (including phenoxy) is 1. The number of halogens is 1. The lowest BCUT2D eigenvalue weighted by Crippen LogP contribution is -2.34. The molecule has 1 rings (SSSR count). The van der Waals surface area contributed by atoms with Crippen molar-refractivity contribution in [1.82, 2.24) is 4.90 Å². The molecule has 0 aliphatic carbocycles. The summed E-state index contributed by atoms with van der Waals surface area (Å²) in [5.41, 5.74) is 0. The molecule has 106 valence electrons. The third-order valence-corrected chi connectivity index (χ3v) is 3.95. The zero-order valence-corrected chi connectivity index (χ0v) is 12.4. The van der Waals surface area contributed by atoms with Gasteiger partial charge in [-0.15, -0.1) is 0 Å². The standard InChI is InChI=1S/C12H16ClNO4S/c1-3-14(4-2)12(15)9-18-10-5-7-11(8-6-10)19(13,16)17/h5-8H,3-4,9H2,1-2H3. The zero-order chi connectivity index (χ0) is 14.5. The minimum atomic E-state index is -3.73. The number of hydrogen-bond donors (Lipinski definition) is 0. The lowest BCUT2D eigenvalue weighted by molar-refractivity contribution is -0.132. The average molecular weight is 306 g/mol. The molecular weight excluding hydrogens is 290 g/mol. The van der Waals surface area contributed by atoms with Crippen molar-refractivity contribution in [2.24, 2.45) is 0 Å². The molecule has 0 aromatic heterocycles. The van der Waals surface area contributed by atoms with Gasteiger partial charge in [0.2, 0.25) is 0 Å². The first kappa shape index (κ1) is 15.8. The minimum absolute atomic E-state index is 0.00316. The molecule has 0 fully saturated rings. The fourth-order valence-electron chi connectivity index (χ4n) is 1.51. The highest BCUT2D eigenvalue weighted by Gasteiger charge is 2.12. The maximum absolute atomic E-state index is 11.7. The Balaban J connectivity index is 2.62. The van der Waals surface area contributed by atoms with Gasteiger partial charge in [0, 0.05) is 23.8 Å². The molecule has 19 heavy (non-hydrogen) atoms. The Labute approximate surface area is 117 Å². The number of benzene rings is 1. The van der Waals surface area contributed by atoms with E-state index in [2.05, 4.69) is 0 Å². The van der Waals surface area contributed by atoms with Crippen LogP contribution in [0.25, 0.3) is 0 Å². The fraction of sp³-hybridized carbons (Fsp3) is 0.417. The molecule has 1 aromatic rings. The maximum Gasteiger partial charge on any atom is 0.261 e. The van der Waals surface area contributed by atoms with Crippen LogP contribution in [0.2, 0.25) is 0 Å². The second kappa shape index (κ2) is 6.77. The van der Waals surface area contributed by atoms with Crippen molar-refractivity contribution in [1.29, 1.82) is 0 Å². The van der Waals surface area contributed by atoms with Gasteiger partial charge in [-0.3, -0.25) is 4.79 Å². The van der Waals surface area contributed by atoms with E-state index in [0.29, 0.717) is 18.8 Å². The van der Waals surface area contributed by atoms with Crippen LogP contribution in [0.3, 0.4) is 0 Å². The van der Waals surface area contributed by atoms with Crippen molar-refractivity contribution in [3.8, 4) is 5.75 Å². The van der Waals surface area contributed by atoms with Crippen molar-refractivity contribution in [3.63, 3.8) is 0 Å². The van der Waals surface area contributed by atoms with Crippen molar-refractivity contribution < 1.29 is 17.9 Å². The number of carbonyl (C=O) groups is 1. The van der Waals surface area contributed by atoms with E-state index >= 15 is 0 Å². The van der Waals surface area contributed by atoms with E-state index in [0.717, 1.165) is 0 Å². The highest BCUT2D eigenvalue weighted by atomic mass is 35.7. The van der Waals surface area contributed by atoms with E-state index in [1.54, 1.807) is 4.90 Å². The molecule has 0 spiro atoms. The van der Waals surface area contributed by atoms with Crippen LogP contribution in [0, 0.1) is 0 Å². The summed E-state index contributed by atoms with van der Waals surface area (Å²) in [6.45, 7) is 4.96. The summed E-state index contributed by atoms with van der Waals surface area (Å²) in [4.78, 5) is 13.3. The predicted octanol–water partition coefficient (Wildman–Crippen LogP) is 1.86. The number of likely N-dealkylation sites (N-methyl/N-ethyl adjacent to an activating group) is 1. The van der Waals surface area contributed by atoms with Gasteiger partial charge in [0.25, 0.3) is 15.0 Å².